The quantitative estimate of drug-likeness (QED) is 0.741. The van der Waals surface area contributed by atoms with Gasteiger partial charge in [0.05, 0.1) is 22.7 Å². The predicted molar refractivity (Wildman–Crippen MR) is 122 cm³/mol. The monoisotopic (exact) mass is 439 g/mol. The van der Waals surface area contributed by atoms with Gasteiger partial charge in [0.1, 0.15) is 0 Å². The molecule has 0 bridgehead atoms. The van der Waals surface area contributed by atoms with Crippen molar-refractivity contribution in [1.29, 1.82) is 5.26 Å². The standard InChI is InChI=1S/C24H29N3O3S/c1-4-31(29,30)27-16-14-24(15-17-27,20-8-6-5-7-9-20)22(28)26-21-12-10-19(11-13-21)23(2,3)18-25/h5-13H,4,14-17H2,1-3H3,(H,26,28). The lowest BCUT2D eigenvalue weighted by atomic mass is 9.72. The van der Waals surface area contributed by atoms with Crippen LogP contribution in [0.5, 0.6) is 0 Å². The second-order valence-electron chi connectivity index (χ2n) is 8.52. The summed E-state index contributed by atoms with van der Waals surface area (Å²) < 4.78 is 26.1. The highest BCUT2D eigenvalue weighted by molar-refractivity contribution is 7.89. The molecule has 3 rings (SSSR count). The van der Waals surface area contributed by atoms with Crippen LogP contribution in [0.1, 0.15) is 44.7 Å². The van der Waals surface area contributed by atoms with Crippen LogP contribution >= 0.6 is 0 Å². The SMILES string of the molecule is CCS(=O)(=O)N1CCC(C(=O)Nc2ccc(C(C)(C)C#N)cc2)(c2ccccc2)CC1. The largest absolute Gasteiger partial charge is 0.325 e. The van der Waals surface area contributed by atoms with E-state index in [-0.39, 0.29) is 11.7 Å². The number of carbonyl (C=O) groups excluding carboxylic acids is 1. The number of nitrogens with one attached hydrogen (secondary N) is 1. The molecule has 0 unspecified atom stereocenters. The fraction of sp³-hybridized carbons (Fsp3) is 0.417. The number of rotatable bonds is 6. The van der Waals surface area contributed by atoms with Crippen molar-refractivity contribution in [3.8, 4) is 6.07 Å². The van der Waals surface area contributed by atoms with Gasteiger partial charge in [0, 0.05) is 18.8 Å². The van der Waals surface area contributed by atoms with Crippen LogP contribution < -0.4 is 5.32 Å². The molecule has 1 aliphatic heterocycles. The minimum atomic E-state index is -3.28. The first-order chi connectivity index (χ1) is 14.6. The number of anilines is 1. The number of carbonyl (C=O) groups is 1. The van der Waals surface area contributed by atoms with Gasteiger partial charge in [-0.1, -0.05) is 42.5 Å². The first-order valence-electron chi connectivity index (χ1n) is 10.5. The van der Waals surface area contributed by atoms with Crippen molar-refractivity contribution in [2.24, 2.45) is 0 Å². The molecule has 7 heteroatoms. The van der Waals surface area contributed by atoms with Crippen molar-refractivity contribution in [1.82, 2.24) is 4.31 Å². The van der Waals surface area contributed by atoms with E-state index in [1.165, 1.54) is 4.31 Å². The van der Waals surface area contributed by atoms with E-state index in [4.69, 9.17) is 0 Å². The molecule has 1 N–H and O–H groups in total. The van der Waals surface area contributed by atoms with Crippen molar-refractivity contribution in [2.75, 3.05) is 24.2 Å². The lowest BCUT2D eigenvalue weighted by molar-refractivity contribution is -0.123. The summed E-state index contributed by atoms with van der Waals surface area (Å²) in [7, 11) is -3.28. The Bertz CT molecular complexity index is 1060. The molecule has 1 heterocycles. The highest BCUT2D eigenvalue weighted by atomic mass is 32.2. The molecule has 0 atom stereocenters. The third-order valence-corrected chi connectivity index (χ3v) is 8.12. The van der Waals surface area contributed by atoms with Crippen molar-refractivity contribution in [3.63, 3.8) is 0 Å². The van der Waals surface area contributed by atoms with Gasteiger partial charge in [-0.15, -0.1) is 0 Å². The van der Waals surface area contributed by atoms with E-state index in [1.54, 1.807) is 6.92 Å². The molecule has 1 aliphatic rings. The highest BCUT2D eigenvalue weighted by Crippen LogP contribution is 2.38. The summed E-state index contributed by atoms with van der Waals surface area (Å²) in [6.45, 7) is 5.96. The van der Waals surface area contributed by atoms with Crippen molar-refractivity contribution in [3.05, 3.63) is 65.7 Å². The molecule has 0 radical (unpaired) electrons. The molecule has 0 aromatic heterocycles. The fourth-order valence-corrected chi connectivity index (χ4v) is 5.12. The van der Waals surface area contributed by atoms with Crippen molar-refractivity contribution < 1.29 is 13.2 Å². The van der Waals surface area contributed by atoms with Crippen LogP contribution in [0.25, 0.3) is 0 Å². The minimum absolute atomic E-state index is 0.0585. The molecule has 1 amide bonds. The van der Waals surface area contributed by atoms with Gasteiger partial charge in [-0.25, -0.2) is 12.7 Å². The number of amides is 1. The average Bonchev–Trinajstić information content (AvgIpc) is 2.80. The zero-order valence-electron chi connectivity index (χ0n) is 18.3. The maximum Gasteiger partial charge on any atom is 0.235 e. The summed E-state index contributed by atoms with van der Waals surface area (Å²) in [5, 5.41) is 12.3. The van der Waals surface area contributed by atoms with Gasteiger partial charge in [-0.3, -0.25) is 4.79 Å². The summed E-state index contributed by atoms with van der Waals surface area (Å²) in [4.78, 5) is 13.5. The third kappa shape index (κ3) is 4.65. The Labute approximate surface area is 184 Å². The summed E-state index contributed by atoms with van der Waals surface area (Å²) >= 11 is 0. The normalized spacial score (nSPS) is 17.0. The lowest BCUT2D eigenvalue weighted by Crippen LogP contribution is -2.51. The Kier molecular flexibility index (Phi) is 6.54. The van der Waals surface area contributed by atoms with E-state index in [9.17, 15) is 18.5 Å². The van der Waals surface area contributed by atoms with E-state index in [1.807, 2.05) is 68.4 Å². The summed E-state index contributed by atoms with van der Waals surface area (Å²) in [6, 6.07) is 19.2. The van der Waals surface area contributed by atoms with Crippen molar-refractivity contribution >= 4 is 21.6 Å². The lowest BCUT2D eigenvalue weighted by Gasteiger charge is -2.40. The third-order valence-electron chi connectivity index (χ3n) is 6.24. The van der Waals surface area contributed by atoms with Crippen LogP contribution in [-0.2, 0) is 25.6 Å². The van der Waals surface area contributed by atoms with Gasteiger partial charge in [0.25, 0.3) is 0 Å². The van der Waals surface area contributed by atoms with Crippen LogP contribution in [0.15, 0.2) is 54.6 Å². The van der Waals surface area contributed by atoms with Gasteiger partial charge in [-0.05, 0) is 56.9 Å². The molecule has 0 aliphatic carbocycles. The van der Waals surface area contributed by atoms with Crippen LogP contribution in [-0.4, -0.2) is 37.5 Å². The number of nitrogens with zero attached hydrogens (tertiary/aromatic N) is 2. The zero-order chi connectivity index (χ0) is 22.7. The number of piperidine rings is 1. The molecular formula is C24H29N3O3S. The maximum atomic E-state index is 13.5. The molecule has 31 heavy (non-hydrogen) atoms. The second-order valence-corrected chi connectivity index (χ2v) is 10.8. The maximum absolute atomic E-state index is 13.5. The van der Waals surface area contributed by atoms with Gasteiger partial charge < -0.3 is 5.32 Å². The molecular weight excluding hydrogens is 410 g/mol. The Morgan fingerprint density at radius 3 is 2.19 bits per heavy atom. The number of benzene rings is 2. The Morgan fingerprint density at radius 2 is 1.68 bits per heavy atom. The van der Waals surface area contributed by atoms with Gasteiger partial charge >= 0.3 is 0 Å². The molecule has 0 saturated carbocycles. The Balaban J connectivity index is 1.86. The van der Waals surface area contributed by atoms with Gasteiger partial charge in [0.2, 0.25) is 15.9 Å². The Hall–Kier alpha value is -2.69. The molecule has 1 fully saturated rings. The van der Waals surface area contributed by atoms with Crippen LogP contribution in [0.2, 0.25) is 0 Å². The number of hydrogen-bond donors (Lipinski definition) is 1. The molecule has 2 aromatic rings. The number of nitriles is 1. The summed E-state index contributed by atoms with van der Waals surface area (Å²) in [5.41, 5.74) is 1.02. The second kappa shape index (κ2) is 8.81. The molecule has 1 saturated heterocycles. The van der Waals surface area contributed by atoms with E-state index >= 15 is 0 Å². The topological polar surface area (TPSA) is 90.3 Å². The van der Waals surface area contributed by atoms with Crippen LogP contribution in [0, 0.1) is 11.3 Å². The van der Waals surface area contributed by atoms with Gasteiger partial charge in [-0.2, -0.15) is 5.26 Å². The Morgan fingerprint density at radius 1 is 1.10 bits per heavy atom. The fourth-order valence-electron chi connectivity index (χ4n) is 4.02. The number of sulfonamides is 1. The first kappa shape index (κ1) is 23.0. The van der Waals surface area contributed by atoms with E-state index in [0.29, 0.717) is 31.6 Å². The summed E-state index contributed by atoms with van der Waals surface area (Å²) in [5.74, 6) is -0.0809. The smallest absolute Gasteiger partial charge is 0.235 e. The van der Waals surface area contributed by atoms with E-state index in [0.717, 1.165) is 11.1 Å². The van der Waals surface area contributed by atoms with Crippen molar-refractivity contribution in [2.45, 2.75) is 44.4 Å². The van der Waals surface area contributed by atoms with E-state index < -0.39 is 20.9 Å². The molecule has 2 aromatic carbocycles. The van der Waals surface area contributed by atoms with Crippen LogP contribution in [0.3, 0.4) is 0 Å². The molecule has 6 nitrogen and oxygen atoms in total. The van der Waals surface area contributed by atoms with Crippen LogP contribution in [0.4, 0.5) is 5.69 Å². The summed E-state index contributed by atoms with van der Waals surface area (Å²) in [6.07, 6.45) is 0.837. The molecule has 0 spiro atoms. The average molecular weight is 440 g/mol. The zero-order valence-corrected chi connectivity index (χ0v) is 19.1. The van der Waals surface area contributed by atoms with E-state index in [2.05, 4.69) is 11.4 Å². The molecule has 164 valence electrons. The predicted octanol–water partition coefficient (Wildman–Crippen LogP) is 3.81. The first-order valence-corrected chi connectivity index (χ1v) is 12.1. The minimum Gasteiger partial charge on any atom is -0.325 e. The van der Waals surface area contributed by atoms with Gasteiger partial charge in [0.15, 0.2) is 0 Å². The highest BCUT2D eigenvalue weighted by Gasteiger charge is 2.44. The number of hydrogen-bond acceptors (Lipinski definition) is 4.